The van der Waals surface area contributed by atoms with Gasteiger partial charge in [-0.3, -0.25) is 9.59 Å². The number of hydrogen-bond donors (Lipinski definition) is 0. The molecule has 0 aliphatic carbocycles. The molecule has 1 atom stereocenters. The molecule has 2 aliphatic rings. The molecule has 0 aromatic heterocycles. The van der Waals surface area contributed by atoms with Gasteiger partial charge in [0, 0.05) is 32.3 Å². The lowest BCUT2D eigenvalue weighted by Gasteiger charge is -2.34. The van der Waals surface area contributed by atoms with Crippen molar-refractivity contribution in [2.45, 2.75) is 65.9 Å². The zero-order valence-electron chi connectivity index (χ0n) is 18.5. The van der Waals surface area contributed by atoms with Gasteiger partial charge >= 0.3 is 12.1 Å². The Labute approximate surface area is 174 Å². The van der Waals surface area contributed by atoms with Crippen LogP contribution in [0.15, 0.2) is 11.6 Å². The second-order valence-corrected chi connectivity index (χ2v) is 9.01. The van der Waals surface area contributed by atoms with Crippen molar-refractivity contribution in [2.24, 2.45) is 11.8 Å². The molecule has 0 bridgehead atoms. The molecule has 2 fully saturated rings. The molecule has 0 radical (unpaired) electrons. The Morgan fingerprint density at radius 1 is 1.00 bits per heavy atom. The molecule has 0 unspecified atom stereocenters. The highest BCUT2D eigenvalue weighted by molar-refractivity contribution is 5.89. The van der Waals surface area contributed by atoms with Crippen LogP contribution < -0.4 is 0 Å². The first-order chi connectivity index (χ1) is 13.6. The topological polar surface area (TPSA) is 76.2 Å². The van der Waals surface area contributed by atoms with Crippen LogP contribution >= 0.6 is 0 Å². The van der Waals surface area contributed by atoms with Crippen molar-refractivity contribution in [3.05, 3.63) is 11.6 Å². The molecule has 0 aromatic carbocycles. The number of ether oxygens (including phenoxy) is 2. The minimum Gasteiger partial charge on any atom is -0.466 e. The molecule has 29 heavy (non-hydrogen) atoms. The van der Waals surface area contributed by atoms with E-state index in [0.29, 0.717) is 32.8 Å². The van der Waals surface area contributed by atoms with Crippen LogP contribution in [0.3, 0.4) is 0 Å². The molecule has 2 amide bonds. The van der Waals surface area contributed by atoms with E-state index in [2.05, 4.69) is 0 Å². The van der Waals surface area contributed by atoms with E-state index in [0.717, 1.165) is 31.3 Å². The molecule has 0 spiro atoms. The van der Waals surface area contributed by atoms with Gasteiger partial charge in [0.25, 0.3) is 0 Å². The maximum Gasteiger partial charge on any atom is 0.410 e. The quantitative estimate of drug-likeness (QED) is 0.526. The molecule has 2 saturated heterocycles. The van der Waals surface area contributed by atoms with Crippen molar-refractivity contribution in [1.29, 1.82) is 0 Å². The largest absolute Gasteiger partial charge is 0.466 e. The zero-order valence-corrected chi connectivity index (χ0v) is 18.5. The third kappa shape index (κ3) is 7.05. The Morgan fingerprint density at radius 3 is 2.24 bits per heavy atom. The number of hydrogen-bond acceptors (Lipinski definition) is 5. The first-order valence-corrected chi connectivity index (χ1v) is 10.7. The van der Waals surface area contributed by atoms with Gasteiger partial charge in [-0.25, -0.2) is 4.79 Å². The Balaban J connectivity index is 1.87. The fourth-order valence-electron chi connectivity index (χ4n) is 3.88. The molecular formula is C22H36N2O5. The Hall–Kier alpha value is -2.05. The number of piperidine rings is 2. The highest BCUT2D eigenvalue weighted by atomic mass is 16.6. The van der Waals surface area contributed by atoms with E-state index in [4.69, 9.17) is 9.47 Å². The first kappa shape index (κ1) is 23.2. The van der Waals surface area contributed by atoms with Gasteiger partial charge in [-0.15, -0.1) is 0 Å². The molecule has 2 heterocycles. The van der Waals surface area contributed by atoms with Gasteiger partial charge < -0.3 is 19.3 Å². The second kappa shape index (κ2) is 10.1. The van der Waals surface area contributed by atoms with Crippen LogP contribution in [0.4, 0.5) is 4.79 Å². The summed E-state index contributed by atoms with van der Waals surface area (Å²) in [4.78, 5) is 40.4. The van der Waals surface area contributed by atoms with Crippen molar-refractivity contribution in [2.75, 3.05) is 32.8 Å². The lowest BCUT2D eigenvalue weighted by molar-refractivity contribution is -0.150. The maximum atomic E-state index is 12.7. The monoisotopic (exact) mass is 408 g/mol. The Kier molecular flexibility index (Phi) is 8.11. The Morgan fingerprint density at radius 2 is 1.66 bits per heavy atom. The van der Waals surface area contributed by atoms with Crippen LogP contribution in [0.2, 0.25) is 0 Å². The van der Waals surface area contributed by atoms with Gasteiger partial charge in [0.1, 0.15) is 5.60 Å². The predicted molar refractivity (Wildman–Crippen MR) is 110 cm³/mol. The van der Waals surface area contributed by atoms with Crippen LogP contribution in [0.5, 0.6) is 0 Å². The smallest absolute Gasteiger partial charge is 0.410 e. The summed E-state index contributed by atoms with van der Waals surface area (Å²) < 4.78 is 10.5. The van der Waals surface area contributed by atoms with Crippen LogP contribution in [0.1, 0.15) is 60.3 Å². The third-order valence-corrected chi connectivity index (χ3v) is 5.49. The predicted octanol–water partition coefficient (Wildman–Crippen LogP) is 3.38. The van der Waals surface area contributed by atoms with E-state index in [-0.39, 0.29) is 29.8 Å². The van der Waals surface area contributed by atoms with Gasteiger partial charge in [0.2, 0.25) is 5.91 Å². The maximum absolute atomic E-state index is 12.7. The van der Waals surface area contributed by atoms with Crippen molar-refractivity contribution in [3.8, 4) is 0 Å². The molecular weight excluding hydrogens is 372 g/mol. The minimum atomic E-state index is -0.494. The summed E-state index contributed by atoms with van der Waals surface area (Å²) >= 11 is 0. The molecule has 2 aliphatic heterocycles. The van der Waals surface area contributed by atoms with E-state index < -0.39 is 5.60 Å². The lowest BCUT2D eigenvalue weighted by Crippen LogP contribution is -2.43. The fourth-order valence-corrected chi connectivity index (χ4v) is 3.88. The number of allylic oxidation sites excluding steroid dienone is 1. The second-order valence-electron chi connectivity index (χ2n) is 9.01. The minimum absolute atomic E-state index is 0.0360. The SMILES string of the molecule is CCOC(=O)[C@@H]1CCCN(C(=O)/C=C(\C)C2CCN(C(=O)OC(C)(C)C)CC2)C1. The van der Waals surface area contributed by atoms with Crippen LogP contribution in [0, 0.1) is 11.8 Å². The Bertz CT molecular complexity index is 630. The highest BCUT2D eigenvalue weighted by Gasteiger charge is 2.30. The van der Waals surface area contributed by atoms with Gasteiger partial charge in [0.05, 0.1) is 12.5 Å². The summed E-state index contributed by atoms with van der Waals surface area (Å²) in [6.45, 7) is 12.1. The van der Waals surface area contributed by atoms with Crippen LogP contribution in [-0.4, -0.2) is 66.2 Å². The van der Waals surface area contributed by atoms with E-state index in [1.54, 1.807) is 22.8 Å². The van der Waals surface area contributed by atoms with Crippen molar-refractivity contribution < 1.29 is 23.9 Å². The van der Waals surface area contributed by atoms with Gasteiger partial charge in [-0.1, -0.05) is 5.57 Å². The summed E-state index contributed by atoms with van der Waals surface area (Å²) in [5.74, 6) is -0.187. The van der Waals surface area contributed by atoms with Gasteiger partial charge in [0.15, 0.2) is 0 Å². The van der Waals surface area contributed by atoms with Crippen molar-refractivity contribution >= 4 is 18.0 Å². The van der Waals surface area contributed by atoms with Gasteiger partial charge in [-0.05, 0) is 66.2 Å². The number of carbonyl (C=O) groups is 3. The number of likely N-dealkylation sites (tertiary alicyclic amines) is 2. The van der Waals surface area contributed by atoms with E-state index in [1.807, 2.05) is 27.7 Å². The average molecular weight is 409 g/mol. The molecule has 0 N–H and O–H groups in total. The summed E-state index contributed by atoms with van der Waals surface area (Å²) in [6.07, 6.45) is 4.67. The lowest BCUT2D eigenvalue weighted by atomic mass is 9.89. The summed E-state index contributed by atoms with van der Waals surface area (Å²) in [5, 5.41) is 0. The molecule has 2 rings (SSSR count). The van der Waals surface area contributed by atoms with Crippen LogP contribution in [0.25, 0.3) is 0 Å². The molecule has 7 heteroatoms. The number of nitrogens with zero attached hydrogens (tertiary/aromatic N) is 2. The first-order valence-electron chi connectivity index (χ1n) is 10.7. The van der Waals surface area contributed by atoms with Crippen molar-refractivity contribution in [1.82, 2.24) is 9.80 Å². The number of carbonyl (C=O) groups excluding carboxylic acids is 3. The van der Waals surface area contributed by atoms with E-state index in [1.165, 1.54) is 0 Å². The number of esters is 1. The van der Waals surface area contributed by atoms with Gasteiger partial charge in [-0.2, -0.15) is 0 Å². The molecule has 164 valence electrons. The zero-order chi connectivity index (χ0) is 21.6. The standard InChI is InChI=1S/C22H36N2O5/c1-6-28-20(26)18-8-7-11-24(15-18)19(25)14-16(2)17-9-12-23(13-10-17)21(27)29-22(3,4)5/h14,17-18H,6-13,15H2,1-5H3/b16-14+/t18-/m1/s1. The molecule has 7 nitrogen and oxygen atoms in total. The third-order valence-electron chi connectivity index (χ3n) is 5.49. The van der Waals surface area contributed by atoms with E-state index in [9.17, 15) is 14.4 Å². The highest BCUT2D eigenvalue weighted by Crippen LogP contribution is 2.26. The molecule has 0 saturated carbocycles. The van der Waals surface area contributed by atoms with Crippen LogP contribution in [-0.2, 0) is 19.1 Å². The normalized spacial score (nSPS) is 21.7. The fraction of sp³-hybridized carbons (Fsp3) is 0.773. The van der Waals surface area contributed by atoms with Crippen molar-refractivity contribution in [3.63, 3.8) is 0 Å². The molecule has 0 aromatic rings. The summed E-state index contributed by atoms with van der Waals surface area (Å²) in [5.41, 5.74) is 0.545. The summed E-state index contributed by atoms with van der Waals surface area (Å²) in [6, 6.07) is 0. The number of amides is 2. The van der Waals surface area contributed by atoms with E-state index >= 15 is 0 Å². The number of rotatable bonds is 4. The average Bonchev–Trinajstić information content (AvgIpc) is 2.67. The summed E-state index contributed by atoms with van der Waals surface area (Å²) in [7, 11) is 0.